The number of nitrogens with zero attached hydrogens (tertiary/aromatic N) is 5. The molecule has 0 spiro atoms. The van der Waals surface area contributed by atoms with Crippen molar-refractivity contribution in [2.45, 2.75) is 26.4 Å². The Bertz CT molecular complexity index is 547. The van der Waals surface area contributed by atoms with Gasteiger partial charge in [0.2, 0.25) is 5.95 Å². The molecule has 1 aromatic heterocycles. The molecule has 8 heteroatoms. The van der Waals surface area contributed by atoms with Gasteiger partial charge in [0.05, 0.1) is 0 Å². The Morgan fingerprint density at radius 2 is 1.87 bits per heavy atom. The van der Waals surface area contributed by atoms with E-state index < -0.39 is 5.60 Å². The number of ether oxygens (including phenoxy) is 1. The Labute approximate surface area is 136 Å². The topological polar surface area (TPSA) is 96.9 Å². The summed E-state index contributed by atoms with van der Waals surface area (Å²) in [6.45, 7) is 8.34. The van der Waals surface area contributed by atoms with E-state index in [-0.39, 0.29) is 12.5 Å². The molecule has 1 fully saturated rings. The normalized spacial score (nSPS) is 16.4. The van der Waals surface area contributed by atoms with Crippen LogP contribution in [-0.2, 0) is 9.53 Å². The number of guanidine groups is 1. The number of carbonyl (C=O) groups excluding carboxylic acids is 1. The van der Waals surface area contributed by atoms with Crippen LogP contribution >= 0.6 is 0 Å². The lowest BCUT2D eigenvalue weighted by molar-refractivity contribution is -0.152. The summed E-state index contributed by atoms with van der Waals surface area (Å²) in [7, 11) is 0. The molecular formula is C15H24N6O2. The van der Waals surface area contributed by atoms with Crippen molar-refractivity contribution in [3.63, 3.8) is 0 Å². The van der Waals surface area contributed by atoms with Crippen molar-refractivity contribution in [3.05, 3.63) is 18.5 Å². The first kappa shape index (κ1) is 17.0. The van der Waals surface area contributed by atoms with Crippen LogP contribution in [0.25, 0.3) is 0 Å². The number of hydrogen-bond acceptors (Lipinski definition) is 6. The molecule has 23 heavy (non-hydrogen) atoms. The van der Waals surface area contributed by atoms with Gasteiger partial charge >= 0.3 is 5.97 Å². The third-order valence-electron chi connectivity index (χ3n) is 3.23. The summed E-state index contributed by atoms with van der Waals surface area (Å²) in [5, 5.41) is 0. The molecule has 0 unspecified atom stereocenters. The van der Waals surface area contributed by atoms with E-state index >= 15 is 0 Å². The molecular weight excluding hydrogens is 296 g/mol. The second-order valence-corrected chi connectivity index (χ2v) is 6.28. The summed E-state index contributed by atoms with van der Waals surface area (Å²) in [5.74, 6) is 0.706. The number of rotatable bonds is 3. The van der Waals surface area contributed by atoms with Crippen molar-refractivity contribution >= 4 is 17.9 Å². The van der Waals surface area contributed by atoms with Crippen molar-refractivity contribution in [3.8, 4) is 0 Å². The second-order valence-electron chi connectivity index (χ2n) is 6.28. The van der Waals surface area contributed by atoms with Crippen LogP contribution in [0.2, 0.25) is 0 Å². The SMILES string of the molecule is CC(C)(C)OC(=O)CN=C(N)N1CCN(c2ncccn2)CC1. The van der Waals surface area contributed by atoms with Crippen LogP contribution in [0, 0.1) is 0 Å². The molecule has 2 heterocycles. The molecule has 0 amide bonds. The number of anilines is 1. The highest BCUT2D eigenvalue weighted by atomic mass is 16.6. The third kappa shape index (κ3) is 5.39. The molecule has 0 radical (unpaired) electrons. The zero-order valence-electron chi connectivity index (χ0n) is 13.9. The monoisotopic (exact) mass is 320 g/mol. The summed E-state index contributed by atoms with van der Waals surface area (Å²) in [6, 6.07) is 1.79. The standard InChI is InChI=1S/C15H24N6O2/c1-15(2,3)23-12(22)11-19-13(16)20-7-9-21(10-8-20)14-17-5-4-6-18-14/h4-6H,7-11H2,1-3H3,(H2,16,19). The minimum Gasteiger partial charge on any atom is -0.459 e. The highest BCUT2D eigenvalue weighted by molar-refractivity contribution is 5.82. The Balaban J connectivity index is 1.82. The number of hydrogen-bond donors (Lipinski definition) is 1. The minimum atomic E-state index is -0.511. The molecule has 1 aromatic rings. The smallest absolute Gasteiger partial charge is 0.328 e. The first-order chi connectivity index (χ1) is 10.8. The van der Waals surface area contributed by atoms with Gasteiger partial charge in [-0.3, -0.25) is 4.79 Å². The Kier molecular flexibility index (Phi) is 5.36. The van der Waals surface area contributed by atoms with Crippen molar-refractivity contribution in [2.24, 2.45) is 10.7 Å². The van der Waals surface area contributed by atoms with Crippen LogP contribution in [0.15, 0.2) is 23.5 Å². The van der Waals surface area contributed by atoms with Gasteiger partial charge in [0.25, 0.3) is 0 Å². The van der Waals surface area contributed by atoms with Gasteiger partial charge in [0.1, 0.15) is 12.1 Å². The van der Waals surface area contributed by atoms with Gasteiger partial charge in [-0.25, -0.2) is 15.0 Å². The fourth-order valence-electron chi connectivity index (χ4n) is 2.21. The van der Waals surface area contributed by atoms with Crippen molar-refractivity contribution in [1.29, 1.82) is 0 Å². The average Bonchev–Trinajstić information content (AvgIpc) is 2.52. The summed E-state index contributed by atoms with van der Waals surface area (Å²) >= 11 is 0. The number of aliphatic imine (C=N–C) groups is 1. The Hall–Kier alpha value is -2.38. The third-order valence-corrected chi connectivity index (χ3v) is 3.23. The summed E-state index contributed by atoms with van der Waals surface area (Å²) in [6.07, 6.45) is 3.46. The van der Waals surface area contributed by atoms with Crippen LogP contribution in [0.1, 0.15) is 20.8 Å². The molecule has 2 rings (SSSR count). The molecule has 1 aliphatic heterocycles. The minimum absolute atomic E-state index is 0.0644. The van der Waals surface area contributed by atoms with Gasteiger partial charge in [0.15, 0.2) is 5.96 Å². The van der Waals surface area contributed by atoms with Crippen LogP contribution in [-0.4, -0.2) is 65.1 Å². The van der Waals surface area contributed by atoms with Crippen LogP contribution in [0.5, 0.6) is 0 Å². The predicted octanol–water partition coefficient (Wildman–Crippen LogP) is 0.255. The van der Waals surface area contributed by atoms with Crippen LogP contribution in [0.4, 0.5) is 5.95 Å². The maximum atomic E-state index is 11.7. The van der Waals surface area contributed by atoms with E-state index in [0.29, 0.717) is 19.0 Å². The second kappa shape index (κ2) is 7.26. The molecule has 0 aliphatic carbocycles. The maximum Gasteiger partial charge on any atom is 0.328 e. The summed E-state index contributed by atoms with van der Waals surface area (Å²) in [4.78, 5) is 28.3. The highest BCUT2D eigenvalue weighted by Crippen LogP contribution is 2.10. The van der Waals surface area contributed by atoms with E-state index in [0.717, 1.165) is 19.0 Å². The van der Waals surface area contributed by atoms with E-state index in [1.54, 1.807) is 18.5 Å². The predicted molar refractivity (Wildman–Crippen MR) is 88.2 cm³/mol. The lowest BCUT2D eigenvalue weighted by Crippen LogP contribution is -2.51. The number of aromatic nitrogens is 2. The number of nitrogens with two attached hydrogens (primary N) is 1. The molecule has 0 saturated carbocycles. The number of piperazine rings is 1. The van der Waals surface area contributed by atoms with Crippen LogP contribution < -0.4 is 10.6 Å². The Morgan fingerprint density at radius 1 is 1.26 bits per heavy atom. The van der Waals surface area contributed by atoms with Crippen molar-refractivity contribution < 1.29 is 9.53 Å². The van der Waals surface area contributed by atoms with Crippen LogP contribution in [0.3, 0.4) is 0 Å². The fraction of sp³-hybridized carbons (Fsp3) is 0.600. The van der Waals surface area contributed by atoms with Gasteiger partial charge < -0.3 is 20.3 Å². The first-order valence-electron chi connectivity index (χ1n) is 7.64. The zero-order chi connectivity index (χ0) is 16.9. The molecule has 0 aromatic carbocycles. The van der Waals surface area contributed by atoms with Crippen molar-refractivity contribution in [2.75, 3.05) is 37.6 Å². The van der Waals surface area contributed by atoms with E-state index in [1.807, 2.05) is 25.7 Å². The van der Waals surface area contributed by atoms with Gasteiger partial charge in [-0.1, -0.05) is 0 Å². The largest absolute Gasteiger partial charge is 0.459 e. The van der Waals surface area contributed by atoms with Gasteiger partial charge in [0, 0.05) is 38.6 Å². The lowest BCUT2D eigenvalue weighted by Gasteiger charge is -2.35. The molecule has 0 bridgehead atoms. The number of carbonyl (C=O) groups is 1. The van der Waals surface area contributed by atoms with E-state index in [2.05, 4.69) is 19.9 Å². The maximum absolute atomic E-state index is 11.7. The van der Waals surface area contributed by atoms with Gasteiger partial charge in [-0.15, -0.1) is 0 Å². The summed E-state index contributed by atoms with van der Waals surface area (Å²) < 4.78 is 5.21. The van der Waals surface area contributed by atoms with Crippen molar-refractivity contribution in [1.82, 2.24) is 14.9 Å². The molecule has 1 aliphatic rings. The highest BCUT2D eigenvalue weighted by Gasteiger charge is 2.20. The average molecular weight is 320 g/mol. The van der Waals surface area contributed by atoms with E-state index in [4.69, 9.17) is 10.5 Å². The molecule has 1 saturated heterocycles. The first-order valence-corrected chi connectivity index (χ1v) is 7.64. The Morgan fingerprint density at radius 3 is 2.43 bits per heavy atom. The zero-order valence-corrected chi connectivity index (χ0v) is 13.9. The quantitative estimate of drug-likeness (QED) is 0.484. The van der Waals surface area contributed by atoms with Gasteiger partial charge in [-0.2, -0.15) is 0 Å². The van der Waals surface area contributed by atoms with E-state index in [9.17, 15) is 4.79 Å². The number of esters is 1. The summed E-state index contributed by atoms with van der Waals surface area (Å²) in [5.41, 5.74) is 5.45. The molecule has 126 valence electrons. The van der Waals surface area contributed by atoms with E-state index in [1.165, 1.54) is 0 Å². The molecule has 8 nitrogen and oxygen atoms in total. The lowest BCUT2D eigenvalue weighted by atomic mass is 10.2. The molecule has 0 atom stereocenters. The molecule has 2 N–H and O–H groups in total. The fourth-order valence-corrected chi connectivity index (χ4v) is 2.21. The van der Waals surface area contributed by atoms with Gasteiger partial charge in [-0.05, 0) is 26.8 Å².